The van der Waals surface area contributed by atoms with E-state index in [9.17, 15) is 0 Å². The predicted octanol–water partition coefficient (Wildman–Crippen LogP) is 3.52. The monoisotopic (exact) mass is 358 g/mol. The molecule has 4 aromatic rings. The molecule has 0 spiro atoms. The number of nitrogen functional groups attached to an aromatic ring is 2. The average molecular weight is 358 g/mol. The zero-order valence-corrected chi connectivity index (χ0v) is 15.5. The number of rotatable bonds is 4. The van der Waals surface area contributed by atoms with Gasteiger partial charge in [0.05, 0.1) is 5.69 Å². The Morgan fingerprint density at radius 2 is 1.63 bits per heavy atom. The molecule has 4 rings (SSSR count). The van der Waals surface area contributed by atoms with Crippen LogP contribution < -0.4 is 11.5 Å². The number of pyridine rings is 2. The topological polar surface area (TPSA) is 95.6 Å². The summed E-state index contributed by atoms with van der Waals surface area (Å²) in [5.41, 5.74) is 17.7. The number of nitrogens with two attached hydrogens (primary N) is 2. The van der Waals surface area contributed by atoms with E-state index in [1.165, 1.54) is 11.1 Å². The van der Waals surface area contributed by atoms with Gasteiger partial charge in [0.25, 0.3) is 0 Å². The van der Waals surface area contributed by atoms with Crippen molar-refractivity contribution >= 4 is 22.8 Å². The van der Waals surface area contributed by atoms with Crippen LogP contribution in [0.1, 0.15) is 17.0 Å². The van der Waals surface area contributed by atoms with Crippen LogP contribution in [-0.4, -0.2) is 19.5 Å². The number of hydrogen-bond acceptors (Lipinski definition) is 5. The van der Waals surface area contributed by atoms with Gasteiger partial charge in [0.1, 0.15) is 23.0 Å². The fourth-order valence-corrected chi connectivity index (χ4v) is 3.39. The van der Waals surface area contributed by atoms with E-state index < -0.39 is 0 Å². The van der Waals surface area contributed by atoms with E-state index in [2.05, 4.69) is 45.7 Å². The predicted molar refractivity (Wildman–Crippen MR) is 109 cm³/mol. The number of nitrogens with zero attached hydrogens (tertiary/aromatic N) is 4. The molecule has 0 saturated carbocycles. The van der Waals surface area contributed by atoms with Crippen LogP contribution in [0.3, 0.4) is 0 Å². The SMILES string of the molecule is Cc1ccccc1CCn1c(C)nc2ccc(-c3cc(N)nc(N)c3)nc21. The van der Waals surface area contributed by atoms with E-state index in [4.69, 9.17) is 16.5 Å². The molecule has 3 heterocycles. The molecule has 3 aromatic heterocycles. The van der Waals surface area contributed by atoms with E-state index in [0.29, 0.717) is 11.6 Å². The van der Waals surface area contributed by atoms with Crippen LogP contribution in [-0.2, 0) is 13.0 Å². The number of aryl methyl sites for hydroxylation is 4. The van der Waals surface area contributed by atoms with Gasteiger partial charge in [-0.05, 0) is 55.7 Å². The summed E-state index contributed by atoms with van der Waals surface area (Å²) in [6, 6.07) is 16.0. The van der Waals surface area contributed by atoms with Crippen LogP contribution in [0, 0.1) is 13.8 Å². The molecule has 0 bridgehead atoms. The third kappa shape index (κ3) is 3.33. The lowest BCUT2D eigenvalue weighted by molar-refractivity contribution is 0.685. The molecule has 0 saturated heterocycles. The maximum Gasteiger partial charge on any atom is 0.160 e. The van der Waals surface area contributed by atoms with Crippen molar-refractivity contribution in [1.29, 1.82) is 0 Å². The molecule has 0 fully saturated rings. The number of anilines is 2. The molecule has 0 atom stereocenters. The van der Waals surface area contributed by atoms with Gasteiger partial charge in [0, 0.05) is 12.1 Å². The molecule has 4 N–H and O–H groups in total. The van der Waals surface area contributed by atoms with Crippen molar-refractivity contribution in [2.24, 2.45) is 0 Å². The molecule has 6 heteroatoms. The molecule has 0 aliphatic heterocycles. The smallest absolute Gasteiger partial charge is 0.160 e. The Bertz CT molecular complexity index is 1110. The van der Waals surface area contributed by atoms with Crippen LogP contribution in [0.25, 0.3) is 22.4 Å². The zero-order chi connectivity index (χ0) is 19.0. The van der Waals surface area contributed by atoms with E-state index in [-0.39, 0.29) is 0 Å². The standard InChI is InChI=1S/C21H22N6/c1-13-5-3-4-6-15(13)9-10-27-14(2)24-18-8-7-17(25-21(18)27)16-11-19(22)26-20(23)12-16/h3-8,11-12H,9-10H2,1-2H3,(H4,22,23,26). The highest BCUT2D eigenvalue weighted by atomic mass is 15.1. The Morgan fingerprint density at radius 1 is 0.889 bits per heavy atom. The molecule has 27 heavy (non-hydrogen) atoms. The highest BCUT2D eigenvalue weighted by Crippen LogP contribution is 2.24. The molecule has 6 nitrogen and oxygen atoms in total. The van der Waals surface area contributed by atoms with Crippen molar-refractivity contribution in [3.8, 4) is 11.3 Å². The molecular weight excluding hydrogens is 336 g/mol. The first-order valence-corrected chi connectivity index (χ1v) is 8.93. The number of benzene rings is 1. The quantitative estimate of drug-likeness (QED) is 0.582. The second-order valence-corrected chi connectivity index (χ2v) is 6.73. The minimum absolute atomic E-state index is 0.385. The Labute approximate surface area is 157 Å². The molecule has 0 aliphatic rings. The molecule has 0 radical (unpaired) electrons. The van der Waals surface area contributed by atoms with Crippen LogP contribution in [0.4, 0.5) is 11.6 Å². The number of imidazole rings is 1. The molecular formula is C21H22N6. The van der Waals surface area contributed by atoms with Gasteiger partial charge in [-0.15, -0.1) is 0 Å². The van der Waals surface area contributed by atoms with E-state index >= 15 is 0 Å². The van der Waals surface area contributed by atoms with Crippen LogP contribution in [0.2, 0.25) is 0 Å². The summed E-state index contributed by atoms with van der Waals surface area (Å²) in [7, 11) is 0. The minimum Gasteiger partial charge on any atom is -0.384 e. The van der Waals surface area contributed by atoms with E-state index in [0.717, 1.165) is 41.2 Å². The van der Waals surface area contributed by atoms with Gasteiger partial charge >= 0.3 is 0 Å². The average Bonchev–Trinajstić information content (AvgIpc) is 2.94. The Balaban J connectivity index is 1.72. The maximum atomic E-state index is 5.83. The summed E-state index contributed by atoms with van der Waals surface area (Å²) in [5.74, 6) is 1.73. The van der Waals surface area contributed by atoms with Crippen molar-refractivity contribution in [2.75, 3.05) is 11.5 Å². The highest BCUT2D eigenvalue weighted by molar-refractivity contribution is 5.77. The van der Waals surface area contributed by atoms with Crippen molar-refractivity contribution in [3.05, 3.63) is 65.5 Å². The molecule has 0 unspecified atom stereocenters. The second-order valence-electron chi connectivity index (χ2n) is 6.73. The Hall–Kier alpha value is -3.41. The Kier molecular flexibility index (Phi) is 4.24. The third-order valence-electron chi connectivity index (χ3n) is 4.81. The fourth-order valence-electron chi connectivity index (χ4n) is 3.39. The van der Waals surface area contributed by atoms with E-state index in [1.807, 2.05) is 19.1 Å². The van der Waals surface area contributed by atoms with Crippen molar-refractivity contribution in [2.45, 2.75) is 26.8 Å². The Morgan fingerprint density at radius 3 is 2.37 bits per heavy atom. The summed E-state index contributed by atoms with van der Waals surface area (Å²) in [4.78, 5) is 13.5. The van der Waals surface area contributed by atoms with Gasteiger partial charge < -0.3 is 16.0 Å². The molecule has 0 aliphatic carbocycles. The number of aromatic nitrogens is 4. The van der Waals surface area contributed by atoms with E-state index in [1.54, 1.807) is 12.1 Å². The first-order valence-electron chi connectivity index (χ1n) is 8.93. The van der Waals surface area contributed by atoms with Crippen molar-refractivity contribution in [3.63, 3.8) is 0 Å². The normalized spacial score (nSPS) is 11.2. The minimum atomic E-state index is 0.385. The van der Waals surface area contributed by atoms with Gasteiger partial charge in [-0.2, -0.15) is 0 Å². The lowest BCUT2D eigenvalue weighted by atomic mass is 10.1. The van der Waals surface area contributed by atoms with Gasteiger partial charge in [0.2, 0.25) is 0 Å². The fraction of sp³-hybridized carbons (Fsp3) is 0.190. The molecule has 1 aromatic carbocycles. The summed E-state index contributed by atoms with van der Waals surface area (Å²) >= 11 is 0. The van der Waals surface area contributed by atoms with Gasteiger partial charge in [0.15, 0.2) is 5.65 Å². The van der Waals surface area contributed by atoms with Gasteiger partial charge in [-0.1, -0.05) is 24.3 Å². The first-order chi connectivity index (χ1) is 13.0. The molecule has 136 valence electrons. The largest absolute Gasteiger partial charge is 0.384 e. The summed E-state index contributed by atoms with van der Waals surface area (Å²) in [6.07, 6.45) is 0.931. The van der Waals surface area contributed by atoms with Crippen LogP contribution in [0.5, 0.6) is 0 Å². The number of fused-ring (bicyclic) bond motifs is 1. The van der Waals surface area contributed by atoms with Gasteiger partial charge in [-0.25, -0.2) is 15.0 Å². The second kappa shape index (κ2) is 6.72. The zero-order valence-electron chi connectivity index (χ0n) is 15.5. The van der Waals surface area contributed by atoms with Crippen molar-refractivity contribution in [1.82, 2.24) is 19.5 Å². The number of hydrogen-bond donors (Lipinski definition) is 2. The van der Waals surface area contributed by atoms with Gasteiger partial charge in [-0.3, -0.25) is 0 Å². The summed E-state index contributed by atoms with van der Waals surface area (Å²) in [6.45, 7) is 4.98. The van der Waals surface area contributed by atoms with Crippen LogP contribution in [0.15, 0.2) is 48.5 Å². The summed E-state index contributed by atoms with van der Waals surface area (Å²) in [5, 5.41) is 0. The highest BCUT2D eigenvalue weighted by Gasteiger charge is 2.12. The lowest BCUT2D eigenvalue weighted by Crippen LogP contribution is -2.05. The van der Waals surface area contributed by atoms with Crippen molar-refractivity contribution < 1.29 is 0 Å². The van der Waals surface area contributed by atoms with Crippen LogP contribution >= 0.6 is 0 Å². The summed E-state index contributed by atoms with van der Waals surface area (Å²) < 4.78 is 2.17. The maximum absolute atomic E-state index is 5.83. The first kappa shape index (κ1) is 17.0. The third-order valence-corrected chi connectivity index (χ3v) is 4.81. The lowest BCUT2D eigenvalue weighted by Gasteiger charge is -2.09. The molecule has 0 amide bonds.